The Balaban J connectivity index is 2.46. The summed E-state index contributed by atoms with van der Waals surface area (Å²) in [6, 6.07) is 4.98. The molecule has 1 atom stereocenters. The first-order chi connectivity index (χ1) is 8.13. The molecule has 2 rings (SSSR count). The highest BCUT2D eigenvalue weighted by Gasteiger charge is 2.19. The van der Waals surface area contributed by atoms with E-state index in [-0.39, 0.29) is 6.04 Å². The predicted molar refractivity (Wildman–Crippen MR) is 66.6 cm³/mol. The van der Waals surface area contributed by atoms with Gasteiger partial charge in [-0.25, -0.2) is 5.43 Å². The fourth-order valence-corrected chi connectivity index (χ4v) is 2.15. The number of halogens is 2. The Hall–Kier alpha value is -1.14. The third-order valence-electron chi connectivity index (χ3n) is 2.49. The lowest BCUT2D eigenvalue weighted by Gasteiger charge is -2.17. The average molecular weight is 272 g/mol. The van der Waals surface area contributed by atoms with Crippen molar-refractivity contribution in [3.63, 3.8) is 0 Å². The largest absolute Gasteiger partial charge is 0.271 e. The fourth-order valence-electron chi connectivity index (χ4n) is 1.63. The Bertz CT molecular complexity index is 525. The molecule has 0 saturated heterocycles. The van der Waals surface area contributed by atoms with Gasteiger partial charge >= 0.3 is 0 Å². The first-order valence-corrected chi connectivity index (χ1v) is 5.64. The van der Waals surface area contributed by atoms with E-state index in [4.69, 9.17) is 29.0 Å². The first kappa shape index (κ1) is 12.3. The van der Waals surface area contributed by atoms with Crippen molar-refractivity contribution in [2.45, 2.75) is 6.04 Å². The molecule has 0 aliphatic carbocycles. The summed E-state index contributed by atoms with van der Waals surface area (Å²) in [5.41, 5.74) is 4.33. The lowest BCUT2D eigenvalue weighted by Crippen LogP contribution is -2.30. The Labute approximate surface area is 108 Å². The summed E-state index contributed by atoms with van der Waals surface area (Å²) in [6.45, 7) is 0. The van der Waals surface area contributed by atoms with Crippen LogP contribution in [0.2, 0.25) is 10.0 Å². The Morgan fingerprint density at radius 3 is 2.71 bits per heavy atom. The van der Waals surface area contributed by atoms with Gasteiger partial charge in [-0.05, 0) is 17.7 Å². The number of nitrogens with zero attached hydrogens (tertiary/aromatic N) is 3. The van der Waals surface area contributed by atoms with Gasteiger partial charge in [0.25, 0.3) is 0 Å². The third kappa shape index (κ3) is 2.42. The minimum Gasteiger partial charge on any atom is -0.271 e. The van der Waals surface area contributed by atoms with Crippen molar-refractivity contribution in [3.8, 4) is 0 Å². The molecule has 5 nitrogen and oxygen atoms in total. The number of benzene rings is 1. The van der Waals surface area contributed by atoms with Crippen LogP contribution < -0.4 is 11.3 Å². The number of nitrogens with one attached hydrogen (secondary N) is 1. The summed E-state index contributed by atoms with van der Waals surface area (Å²) in [5.74, 6) is 5.56. The van der Waals surface area contributed by atoms with Gasteiger partial charge in [-0.1, -0.05) is 34.5 Å². The fraction of sp³-hybridized carbons (Fsp3) is 0.200. The zero-order valence-corrected chi connectivity index (χ0v) is 10.6. The summed E-state index contributed by atoms with van der Waals surface area (Å²) in [5, 5.41) is 8.80. The maximum absolute atomic E-state index is 6.14. The number of hydrogen-bond acceptors (Lipinski definition) is 4. The van der Waals surface area contributed by atoms with Gasteiger partial charge in [0.15, 0.2) is 0 Å². The van der Waals surface area contributed by atoms with Gasteiger partial charge in [-0.3, -0.25) is 10.5 Å². The van der Waals surface area contributed by atoms with E-state index in [9.17, 15) is 0 Å². The summed E-state index contributed by atoms with van der Waals surface area (Å²) >= 11 is 12.0. The summed E-state index contributed by atoms with van der Waals surface area (Å²) in [7, 11) is 1.79. The molecule has 2 aromatic rings. The minimum absolute atomic E-state index is 0.278. The lowest BCUT2D eigenvalue weighted by atomic mass is 10.0. The van der Waals surface area contributed by atoms with E-state index < -0.39 is 0 Å². The molecule has 1 aromatic carbocycles. The van der Waals surface area contributed by atoms with Crippen molar-refractivity contribution in [3.05, 3.63) is 45.7 Å². The number of hydrazine groups is 1. The topological polar surface area (TPSA) is 68.8 Å². The van der Waals surface area contributed by atoms with Crippen LogP contribution in [-0.2, 0) is 7.05 Å². The molecule has 0 radical (unpaired) electrons. The molecule has 0 fully saturated rings. The van der Waals surface area contributed by atoms with Crippen LogP contribution in [0.4, 0.5) is 0 Å². The van der Waals surface area contributed by atoms with E-state index in [0.29, 0.717) is 10.0 Å². The predicted octanol–water partition coefficient (Wildman–Crippen LogP) is 1.67. The molecule has 1 heterocycles. The van der Waals surface area contributed by atoms with Gasteiger partial charge in [-0.15, -0.1) is 5.10 Å². The van der Waals surface area contributed by atoms with E-state index in [2.05, 4.69) is 15.7 Å². The molecule has 0 amide bonds. The molecule has 3 N–H and O–H groups in total. The maximum Gasteiger partial charge on any atom is 0.0908 e. The molecular weight excluding hydrogens is 261 g/mol. The van der Waals surface area contributed by atoms with Crippen LogP contribution in [0.25, 0.3) is 0 Å². The molecule has 17 heavy (non-hydrogen) atoms. The summed E-state index contributed by atoms with van der Waals surface area (Å²) in [6.07, 6.45) is 1.63. The number of nitrogens with two attached hydrogens (primary N) is 1. The Morgan fingerprint density at radius 1 is 1.41 bits per heavy atom. The monoisotopic (exact) mass is 271 g/mol. The molecule has 0 saturated carbocycles. The van der Waals surface area contributed by atoms with E-state index in [1.807, 2.05) is 6.07 Å². The second-order valence-electron chi connectivity index (χ2n) is 3.55. The molecule has 0 spiro atoms. The maximum atomic E-state index is 6.14. The van der Waals surface area contributed by atoms with Crippen molar-refractivity contribution in [2.24, 2.45) is 12.9 Å². The number of rotatable bonds is 3. The van der Waals surface area contributed by atoms with E-state index in [1.54, 1.807) is 30.1 Å². The van der Waals surface area contributed by atoms with Crippen molar-refractivity contribution in [2.75, 3.05) is 0 Å². The number of aryl methyl sites for hydroxylation is 1. The van der Waals surface area contributed by atoms with Crippen molar-refractivity contribution < 1.29 is 0 Å². The number of hydrogen-bond donors (Lipinski definition) is 2. The van der Waals surface area contributed by atoms with E-state index in [1.165, 1.54) is 0 Å². The molecule has 1 aromatic heterocycles. The smallest absolute Gasteiger partial charge is 0.0908 e. The minimum atomic E-state index is -0.278. The van der Waals surface area contributed by atoms with Crippen molar-refractivity contribution >= 4 is 23.2 Å². The van der Waals surface area contributed by atoms with Gasteiger partial charge in [0, 0.05) is 17.1 Å². The van der Waals surface area contributed by atoms with Gasteiger partial charge in [-0.2, -0.15) is 0 Å². The van der Waals surface area contributed by atoms with Crippen LogP contribution in [0, 0.1) is 0 Å². The van der Waals surface area contributed by atoms with Crippen molar-refractivity contribution in [1.82, 2.24) is 20.4 Å². The lowest BCUT2D eigenvalue weighted by molar-refractivity contribution is 0.570. The van der Waals surface area contributed by atoms with Crippen LogP contribution in [0.15, 0.2) is 24.4 Å². The second kappa shape index (κ2) is 5.01. The molecule has 0 aliphatic rings. The van der Waals surface area contributed by atoms with Crippen molar-refractivity contribution in [1.29, 1.82) is 0 Å². The van der Waals surface area contributed by atoms with Crippen LogP contribution in [0.5, 0.6) is 0 Å². The normalized spacial score (nSPS) is 12.7. The van der Waals surface area contributed by atoms with E-state index >= 15 is 0 Å². The van der Waals surface area contributed by atoms with Gasteiger partial charge in [0.1, 0.15) is 0 Å². The quantitative estimate of drug-likeness (QED) is 0.658. The molecule has 0 aliphatic heterocycles. The van der Waals surface area contributed by atoms with E-state index in [0.717, 1.165) is 11.3 Å². The highest BCUT2D eigenvalue weighted by atomic mass is 35.5. The molecule has 7 heteroatoms. The van der Waals surface area contributed by atoms with Gasteiger partial charge < -0.3 is 0 Å². The highest BCUT2D eigenvalue weighted by molar-refractivity contribution is 6.35. The highest BCUT2D eigenvalue weighted by Crippen LogP contribution is 2.29. The standard InChI is InChI=1S/C10H11Cl2N5/c1-17-9(5-14-16-17)10(15-13)7-3-2-6(11)4-8(7)12/h2-5,10,15H,13H2,1H3. The summed E-state index contributed by atoms with van der Waals surface area (Å²) in [4.78, 5) is 0. The summed E-state index contributed by atoms with van der Waals surface area (Å²) < 4.78 is 1.63. The molecule has 90 valence electrons. The van der Waals surface area contributed by atoms with Crippen LogP contribution in [0.1, 0.15) is 17.3 Å². The van der Waals surface area contributed by atoms with Crippen LogP contribution in [-0.4, -0.2) is 15.0 Å². The number of aromatic nitrogens is 3. The van der Waals surface area contributed by atoms with Gasteiger partial charge in [0.2, 0.25) is 0 Å². The SMILES string of the molecule is Cn1nncc1C(NN)c1ccc(Cl)cc1Cl. The van der Waals surface area contributed by atoms with Gasteiger partial charge in [0.05, 0.1) is 17.9 Å². The van der Waals surface area contributed by atoms with Crippen LogP contribution in [0.3, 0.4) is 0 Å². The molecule has 0 bridgehead atoms. The third-order valence-corrected chi connectivity index (χ3v) is 3.05. The molecule has 1 unspecified atom stereocenters. The first-order valence-electron chi connectivity index (χ1n) is 4.89. The zero-order chi connectivity index (χ0) is 12.4. The Morgan fingerprint density at radius 2 is 2.18 bits per heavy atom. The Kier molecular flexibility index (Phi) is 3.63. The second-order valence-corrected chi connectivity index (χ2v) is 4.39. The zero-order valence-electron chi connectivity index (χ0n) is 9.06. The van der Waals surface area contributed by atoms with Crippen LogP contribution >= 0.6 is 23.2 Å². The molecular formula is C10H11Cl2N5. The average Bonchev–Trinajstić information content (AvgIpc) is 2.69.